The van der Waals surface area contributed by atoms with Gasteiger partial charge >= 0.3 is 0 Å². The molecule has 22 heavy (non-hydrogen) atoms. The highest BCUT2D eigenvalue weighted by molar-refractivity contribution is 5.96. The second-order valence-electron chi connectivity index (χ2n) is 5.94. The monoisotopic (exact) mass is 295 g/mol. The van der Waals surface area contributed by atoms with Crippen LogP contribution in [0.2, 0.25) is 0 Å². The van der Waals surface area contributed by atoms with Gasteiger partial charge in [0, 0.05) is 12.2 Å². The third-order valence-corrected chi connectivity index (χ3v) is 4.13. The van der Waals surface area contributed by atoms with Crippen molar-refractivity contribution in [2.45, 2.75) is 27.2 Å². The number of hydrogen-bond acceptors (Lipinski definition) is 2. The van der Waals surface area contributed by atoms with Crippen LogP contribution in [-0.2, 0) is 11.2 Å². The van der Waals surface area contributed by atoms with Crippen molar-refractivity contribution in [3.63, 3.8) is 0 Å². The minimum atomic E-state index is 0.0179. The van der Waals surface area contributed by atoms with Gasteiger partial charge in [0.05, 0.1) is 0 Å². The molecule has 0 aliphatic carbocycles. The fourth-order valence-corrected chi connectivity index (χ4v) is 3.20. The molecule has 0 fully saturated rings. The molecule has 0 bridgehead atoms. The summed E-state index contributed by atoms with van der Waals surface area (Å²) < 4.78 is 5.82. The van der Waals surface area contributed by atoms with E-state index in [-0.39, 0.29) is 12.5 Å². The summed E-state index contributed by atoms with van der Waals surface area (Å²) in [6, 6.07) is 12.2. The molecule has 2 aromatic carbocycles. The average Bonchev–Trinajstić information content (AvgIpc) is 2.90. The highest BCUT2D eigenvalue weighted by Gasteiger charge is 2.24. The van der Waals surface area contributed by atoms with Crippen LogP contribution in [0, 0.1) is 20.8 Å². The number of carbonyl (C=O) groups excluding carboxylic acids is 1. The lowest BCUT2D eigenvalue weighted by molar-refractivity contribution is -0.120. The molecular weight excluding hydrogens is 274 g/mol. The van der Waals surface area contributed by atoms with Gasteiger partial charge in [0.1, 0.15) is 5.75 Å². The Morgan fingerprint density at radius 1 is 1.14 bits per heavy atom. The first-order chi connectivity index (χ1) is 10.6. The number of fused-ring (bicyclic) bond motifs is 1. The predicted octanol–water partition coefficient (Wildman–Crippen LogP) is 3.58. The lowest BCUT2D eigenvalue weighted by atomic mass is 10.1. The minimum absolute atomic E-state index is 0.0179. The van der Waals surface area contributed by atoms with Gasteiger partial charge in [-0.05, 0) is 49.9 Å². The Balaban J connectivity index is 1.72. The molecule has 0 saturated carbocycles. The topological polar surface area (TPSA) is 29.5 Å². The van der Waals surface area contributed by atoms with E-state index in [0.717, 1.165) is 35.5 Å². The average molecular weight is 295 g/mol. The van der Waals surface area contributed by atoms with Crippen molar-refractivity contribution < 1.29 is 9.53 Å². The highest BCUT2D eigenvalue weighted by atomic mass is 16.5. The zero-order valence-corrected chi connectivity index (χ0v) is 13.3. The van der Waals surface area contributed by atoms with Crippen LogP contribution in [0.5, 0.6) is 5.75 Å². The van der Waals surface area contributed by atoms with Crippen molar-refractivity contribution in [1.29, 1.82) is 0 Å². The van der Waals surface area contributed by atoms with E-state index in [1.807, 2.05) is 36.9 Å². The molecule has 0 atom stereocenters. The van der Waals surface area contributed by atoms with Gasteiger partial charge in [-0.1, -0.05) is 35.9 Å². The summed E-state index contributed by atoms with van der Waals surface area (Å²) >= 11 is 0. The standard InChI is InChI=1S/C19H21NO2/c1-13-10-14(2)19(15(3)11-13)22-12-18(21)20-9-8-16-6-4-5-7-17(16)20/h4-7,10-11H,8-9,12H2,1-3H3. The number of nitrogens with zero attached hydrogens (tertiary/aromatic N) is 1. The first-order valence-electron chi connectivity index (χ1n) is 7.65. The van der Waals surface area contributed by atoms with Gasteiger partial charge in [-0.25, -0.2) is 0 Å². The van der Waals surface area contributed by atoms with E-state index in [0.29, 0.717) is 0 Å². The molecule has 0 radical (unpaired) electrons. The zero-order valence-electron chi connectivity index (χ0n) is 13.3. The Kier molecular flexibility index (Phi) is 3.88. The van der Waals surface area contributed by atoms with E-state index in [2.05, 4.69) is 25.1 Å². The molecule has 1 aliphatic rings. The summed E-state index contributed by atoms with van der Waals surface area (Å²) in [4.78, 5) is 14.3. The number of anilines is 1. The molecular formula is C19H21NO2. The lowest BCUT2D eigenvalue weighted by Gasteiger charge is -2.19. The second kappa shape index (κ2) is 5.84. The Morgan fingerprint density at radius 2 is 1.82 bits per heavy atom. The van der Waals surface area contributed by atoms with Crippen LogP contribution in [0.25, 0.3) is 0 Å². The van der Waals surface area contributed by atoms with Crippen molar-refractivity contribution in [2.75, 3.05) is 18.1 Å². The van der Waals surface area contributed by atoms with Gasteiger partial charge in [0.25, 0.3) is 5.91 Å². The van der Waals surface area contributed by atoms with Crippen LogP contribution in [0.4, 0.5) is 5.69 Å². The molecule has 0 unspecified atom stereocenters. The number of hydrogen-bond donors (Lipinski definition) is 0. The van der Waals surface area contributed by atoms with E-state index in [1.165, 1.54) is 11.1 Å². The summed E-state index contributed by atoms with van der Waals surface area (Å²) in [5, 5.41) is 0. The van der Waals surface area contributed by atoms with Crippen molar-refractivity contribution in [1.82, 2.24) is 0 Å². The zero-order chi connectivity index (χ0) is 15.7. The number of aryl methyl sites for hydroxylation is 3. The molecule has 3 heteroatoms. The normalized spacial score (nSPS) is 13.1. The van der Waals surface area contributed by atoms with E-state index >= 15 is 0 Å². The van der Waals surface area contributed by atoms with Crippen LogP contribution < -0.4 is 9.64 Å². The van der Waals surface area contributed by atoms with Gasteiger partial charge in [0.15, 0.2) is 6.61 Å². The third-order valence-electron chi connectivity index (χ3n) is 4.13. The van der Waals surface area contributed by atoms with Gasteiger partial charge in [-0.2, -0.15) is 0 Å². The van der Waals surface area contributed by atoms with E-state index in [1.54, 1.807) is 0 Å². The predicted molar refractivity (Wildman–Crippen MR) is 88.6 cm³/mol. The first kappa shape index (κ1) is 14.6. The van der Waals surface area contributed by atoms with Gasteiger partial charge in [-0.15, -0.1) is 0 Å². The summed E-state index contributed by atoms with van der Waals surface area (Å²) in [6.45, 7) is 6.93. The quantitative estimate of drug-likeness (QED) is 0.866. The van der Waals surface area contributed by atoms with Gasteiger partial charge < -0.3 is 9.64 Å². The smallest absolute Gasteiger partial charge is 0.264 e. The maximum Gasteiger partial charge on any atom is 0.264 e. The molecule has 114 valence electrons. The van der Waals surface area contributed by atoms with Crippen LogP contribution >= 0.6 is 0 Å². The fourth-order valence-electron chi connectivity index (χ4n) is 3.20. The lowest BCUT2D eigenvalue weighted by Crippen LogP contribution is -2.33. The van der Waals surface area contributed by atoms with Crippen LogP contribution in [0.15, 0.2) is 36.4 Å². The molecule has 3 nitrogen and oxygen atoms in total. The van der Waals surface area contributed by atoms with E-state index in [9.17, 15) is 4.79 Å². The van der Waals surface area contributed by atoms with Crippen LogP contribution in [-0.4, -0.2) is 19.1 Å². The van der Waals surface area contributed by atoms with Crippen molar-refractivity contribution in [3.8, 4) is 5.75 Å². The maximum absolute atomic E-state index is 12.5. The Bertz CT molecular complexity index is 698. The molecule has 2 aromatic rings. The van der Waals surface area contributed by atoms with Gasteiger partial charge in [-0.3, -0.25) is 4.79 Å². The van der Waals surface area contributed by atoms with Crippen molar-refractivity contribution in [3.05, 3.63) is 58.7 Å². The van der Waals surface area contributed by atoms with E-state index in [4.69, 9.17) is 4.74 Å². The summed E-state index contributed by atoms with van der Waals surface area (Å²) in [7, 11) is 0. The maximum atomic E-state index is 12.5. The highest BCUT2D eigenvalue weighted by Crippen LogP contribution is 2.28. The second-order valence-corrected chi connectivity index (χ2v) is 5.94. The first-order valence-corrected chi connectivity index (χ1v) is 7.65. The Morgan fingerprint density at radius 3 is 2.55 bits per heavy atom. The van der Waals surface area contributed by atoms with E-state index < -0.39 is 0 Å². The molecule has 3 rings (SSSR count). The van der Waals surface area contributed by atoms with Crippen molar-refractivity contribution >= 4 is 11.6 Å². The largest absolute Gasteiger partial charge is 0.483 e. The number of para-hydroxylation sites is 1. The number of rotatable bonds is 3. The summed E-state index contributed by atoms with van der Waals surface area (Å²) in [5.74, 6) is 0.843. The molecule has 0 N–H and O–H groups in total. The molecule has 1 aliphatic heterocycles. The summed E-state index contributed by atoms with van der Waals surface area (Å²) in [6.07, 6.45) is 0.921. The van der Waals surface area contributed by atoms with Gasteiger partial charge in [0.2, 0.25) is 0 Å². The van der Waals surface area contributed by atoms with Crippen LogP contribution in [0.3, 0.4) is 0 Å². The Labute approximate surface area is 131 Å². The molecule has 1 heterocycles. The number of amides is 1. The molecule has 0 aromatic heterocycles. The minimum Gasteiger partial charge on any atom is -0.483 e. The SMILES string of the molecule is Cc1cc(C)c(OCC(=O)N2CCc3ccccc32)c(C)c1. The number of carbonyl (C=O) groups is 1. The Hall–Kier alpha value is -2.29. The van der Waals surface area contributed by atoms with Crippen LogP contribution in [0.1, 0.15) is 22.3 Å². The fraction of sp³-hybridized carbons (Fsp3) is 0.316. The molecule has 0 spiro atoms. The molecule has 1 amide bonds. The number of benzene rings is 2. The third kappa shape index (κ3) is 2.71. The van der Waals surface area contributed by atoms with Crippen molar-refractivity contribution in [2.24, 2.45) is 0 Å². The number of ether oxygens (including phenoxy) is 1. The molecule has 0 saturated heterocycles. The summed E-state index contributed by atoms with van der Waals surface area (Å²) in [5.41, 5.74) is 5.62.